The molecule has 2 aromatic carbocycles. The number of fused-ring (bicyclic) bond motifs is 1. The summed E-state index contributed by atoms with van der Waals surface area (Å²) in [5.74, 6) is 0.891. The molecule has 1 spiro atoms. The maximum Gasteiger partial charge on any atom is 0.272 e. The third kappa shape index (κ3) is 5.93. The van der Waals surface area contributed by atoms with Gasteiger partial charge in [-0.05, 0) is 85.3 Å². The number of piperidine rings is 2. The molecule has 2 aliphatic rings. The molecule has 1 atom stereocenters. The predicted molar refractivity (Wildman–Crippen MR) is 167 cm³/mol. The molecule has 7 rings (SSSR count). The van der Waals surface area contributed by atoms with Crippen molar-refractivity contribution < 1.29 is 14.0 Å². The van der Waals surface area contributed by atoms with Crippen LogP contribution in [-0.2, 0) is 11.8 Å². The summed E-state index contributed by atoms with van der Waals surface area (Å²) in [7, 11) is 1.80. The number of likely N-dealkylation sites (tertiary alicyclic amines) is 2. The van der Waals surface area contributed by atoms with Gasteiger partial charge in [0.25, 0.3) is 5.91 Å². The van der Waals surface area contributed by atoms with Crippen LogP contribution in [0.5, 0.6) is 0 Å². The van der Waals surface area contributed by atoms with Crippen molar-refractivity contribution in [3.05, 3.63) is 83.9 Å². The third-order valence-corrected chi connectivity index (χ3v) is 9.15. The molecule has 12 heteroatoms. The van der Waals surface area contributed by atoms with Crippen molar-refractivity contribution in [3.8, 4) is 11.5 Å². The van der Waals surface area contributed by atoms with E-state index in [1.807, 2.05) is 11.0 Å². The highest BCUT2D eigenvalue weighted by molar-refractivity contribution is 5.94. The Morgan fingerprint density at radius 2 is 1.71 bits per heavy atom. The van der Waals surface area contributed by atoms with Crippen LogP contribution in [-0.4, -0.2) is 78.0 Å². The second-order valence-electron chi connectivity index (χ2n) is 12.1. The van der Waals surface area contributed by atoms with Crippen molar-refractivity contribution in [2.24, 2.45) is 12.5 Å². The molecule has 2 fully saturated rings. The average Bonchev–Trinajstić information content (AvgIpc) is 3.68. The van der Waals surface area contributed by atoms with Gasteiger partial charge in [-0.2, -0.15) is 4.80 Å². The summed E-state index contributed by atoms with van der Waals surface area (Å²) in [5.41, 5.74) is 4.31. The SMILES string of the molecule is CC(=O)Nc1ccc2oc(-c3ccnc(C(=O)N4CCC5(CC4)CCN(C(c4ccccc4)c4nnn(C)n4)CC5)c3)nc2c1. The molecule has 1 N–H and O–H groups in total. The molecule has 45 heavy (non-hydrogen) atoms. The number of aryl methyl sites for hydroxylation is 1. The summed E-state index contributed by atoms with van der Waals surface area (Å²) < 4.78 is 5.96. The van der Waals surface area contributed by atoms with Crippen molar-refractivity contribution in [2.45, 2.75) is 38.6 Å². The van der Waals surface area contributed by atoms with Gasteiger partial charge in [-0.3, -0.25) is 19.5 Å². The molecule has 0 radical (unpaired) electrons. The molecule has 0 aliphatic carbocycles. The first kappa shape index (κ1) is 28.8. The largest absolute Gasteiger partial charge is 0.436 e. The topological polar surface area (TPSA) is 135 Å². The van der Waals surface area contributed by atoms with Crippen LogP contribution < -0.4 is 5.32 Å². The Morgan fingerprint density at radius 3 is 2.42 bits per heavy atom. The maximum absolute atomic E-state index is 13.6. The van der Waals surface area contributed by atoms with Crippen molar-refractivity contribution in [1.29, 1.82) is 0 Å². The number of nitrogens with zero attached hydrogens (tertiary/aromatic N) is 8. The number of anilines is 1. The lowest BCUT2D eigenvalue weighted by molar-refractivity contribution is -0.114. The summed E-state index contributed by atoms with van der Waals surface area (Å²) >= 11 is 0. The minimum absolute atomic E-state index is 0.0298. The molecule has 2 saturated heterocycles. The lowest BCUT2D eigenvalue weighted by atomic mass is 9.71. The van der Waals surface area contributed by atoms with Gasteiger partial charge in [-0.15, -0.1) is 10.2 Å². The number of carbonyl (C=O) groups is 2. The van der Waals surface area contributed by atoms with Crippen LogP contribution in [0.25, 0.3) is 22.6 Å². The molecule has 5 heterocycles. The van der Waals surface area contributed by atoms with Crippen molar-refractivity contribution in [1.82, 2.24) is 40.0 Å². The van der Waals surface area contributed by atoms with E-state index in [0.29, 0.717) is 47.0 Å². The van der Waals surface area contributed by atoms with Gasteiger partial charge in [0, 0.05) is 37.5 Å². The number of tetrazole rings is 1. The number of hydrogen-bond acceptors (Lipinski definition) is 9. The highest BCUT2D eigenvalue weighted by Gasteiger charge is 2.41. The normalized spacial score (nSPS) is 17.4. The summed E-state index contributed by atoms with van der Waals surface area (Å²) in [6.45, 7) is 4.74. The second kappa shape index (κ2) is 11.8. The van der Waals surface area contributed by atoms with Crippen LogP contribution in [0.3, 0.4) is 0 Å². The summed E-state index contributed by atoms with van der Waals surface area (Å²) in [5, 5.41) is 15.8. The molecule has 1 unspecified atom stereocenters. The first-order valence-electron chi connectivity index (χ1n) is 15.3. The molecule has 0 bridgehead atoms. The standard InChI is InChI=1S/C33H35N9O3/c1-22(43)35-25-8-9-28-26(21-25)36-31(45-28)24-10-15-34-27(20-24)32(44)42-18-13-33(14-19-42)11-16-41(17-12-33)29(23-6-4-3-5-7-23)30-37-39-40(2)38-30/h3-10,15,20-21,29H,11-14,16-19H2,1-2H3,(H,35,43). The number of amides is 2. The van der Waals surface area contributed by atoms with E-state index in [0.717, 1.165) is 44.6 Å². The Hall–Kier alpha value is -4.97. The molecule has 0 saturated carbocycles. The van der Waals surface area contributed by atoms with Gasteiger partial charge in [0.2, 0.25) is 11.8 Å². The molecule has 2 aliphatic heterocycles. The Morgan fingerprint density at radius 1 is 0.956 bits per heavy atom. The minimum Gasteiger partial charge on any atom is -0.436 e. The second-order valence-corrected chi connectivity index (χ2v) is 12.1. The van der Waals surface area contributed by atoms with E-state index in [2.05, 4.69) is 59.9 Å². The zero-order chi connectivity index (χ0) is 31.0. The summed E-state index contributed by atoms with van der Waals surface area (Å²) in [6, 6.07) is 19.2. The van der Waals surface area contributed by atoms with Gasteiger partial charge in [0.1, 0.15) is 11.2 Å². The zero-order valence-corrected chi connectivity index (χ0v) is 25.4. The number of benzene rings is 2. The summed E-state index contributed by atoms with van der Waals surface area (Å²) in [6.07, 6.45) is 5.68. The average molecular weight is 606 g/mol. The van der Waals surface area contributed by atoms with Gasteiger partial charge in [0.05, 0.1) is 13.1 Å². The van der Waals surface area contributed by atoms with Crippen LogP contribution in [0.15, 0.2) is 71.3 Å². The molecule has 5 aromatic rings. The molecular formula is C33H35N9O3. The van der Waals surface area contributed by atoms with E-state index >= 15 is 0 Å². The van der Waals surface area contributed by atoms with Crippen molar-refractivity contribution >= 4 is 28.6 Å². The van der Waals surface area contributed by atoms with Gasteiger partial charge in [-0.1, -0.05) is 30.3 Å². The fraction of sp³-hybridized carbons (Fsp3) is 0.364. The van der Waals surface area contributed by atoms with E-state index < -0.39 is 0 Å². The van der Waals surface area contributed by atoms with E-state index in [4.69, 9.17) is 4.42 Å². The third-order valence-electron chi connectivity index (χ3n) is 9.15. The Balaban J connectivity index is 1.00. The van der Waals surface area contributed by atoms with Crippen LogP contribution >= 0.6 is 0 Å². The fourth-order valence-electron chi connectivity index (χ4n) is 6.68. The zero-order valence-electron chi connectivity index (χ0n) is 25.4. The molecule has 12 nitrogen and oxygen atoms in total. The van der Waals surface area contributed by atoms with Crippen LogP contribution in [0.2, 0.25) is 0 Å². The Labute approximate surface area is 260 Å². The maximum atomic E-state index is 13.6. The first-order chi connectivity index (χ1) is 21.9. The van der Waals surface area contributed by atoms with Gasteiger partial charge >= 0.3 is 0 Å². The quantitative estimate of drug-likeness (QED) is 0.297. The Bertz CT molecular complexity index is 1830. The minimum atomic E-state index is -0.155. The van der Waals surface area contributed by atoms with Crippen molar-refractivity contribution in [2.75, 3.05) is 31.5 Å². The summed E-state index contributed by atoms with van der Waals surface area (Å²) in [4.78, 5) is 39.9. The smallest absolute Gasteiger partial charge is 0.272 e. The number of hydrogen-bond donors (Lipinski definition) is 1. The first-order valence-corrected chi connectivity index (χ1v) is 15.3. The molecule has 3 aromatic heterocycles. The molecule has 230 valence electrons. The number of nitrogens with one attached hydrogen (secondary N) is 1. The number of rotatable bonds is 6. The number of carbonyl (C=O) groups excluding carboxylic acids is 2. The van der Waals surface area contributed by atoms with E-state index in [-0.39, 0.29) is 23.3 Å². The Kier molecular flexibility index (Phi) is 7.58. The number of oxazole rings is 1. The lowest BCUT2D eigenvalue weighted by Crippen LogP contribution is -2.49. The molecular weight excluding hydrogens is 570 g/mol. The van der Waals surface area contributed by atoms with Gasteiger partial charge in [0.15, 0.2) is 11.4 Å². The number of aromatic nitrogens is 6. The van der Waals surface area contributed by atoms with E-state index in [9.17, 15) is 9.59 Å². The fourth-order valence-corrected chi connectivity index (χ4v) is 6.68. The van der Waals surface area contributed by atoms with E-state index in [1.54, 1.807) is 43.6 Å². The predicted octanol–water partition coefficient (Wildman–Crippen LogP) is 4.48. The highest BCUT2D eigenvalue weighted by atomic mass is 16.3. The van der Waals surface area contributed by atoms with Gasteiger partial charge in [-0.25, -0.2) is 4.98 Å². The lowest BCUT2D eigenvalue weighted by Gasteiger charge is -2.48. The van der Waals surface area contributed by atoms with Gasteiger partial charge < -0.3 is 14.6 Å². The molecule has 2 amide bonds. The van der Waals surface area contributed by atoms with Crippen LogP contribution in [0.1, 0.15) is 60.5 Å². The monoisotopic (exact) mass is 605 g/mol. The van der Waals surface area contributed by atoms with Crippen LogP contribution in [0, 0.1) is 5.41 Å². The highest BCUT2D eigenvalue weighted by Crippen LogP contribution is 2.43. The van der Waals surface area contributed by atoms with Crippen LogP contribution in [0.4, 0.5) is 5.69 Å². The van der Waals surface area contributed by atoms with E-state index in [1.165, 1.54) is 17.3 Å². The number of pyridine rings is 1. The van der Waals surface area contributed by atoms with Crippen molar-refractivity contribution in [3.63, 3.8) is 0 Å².